The van der Waals surface area contributed by atoms with Gasteiger partial charge < -0.3 is 9.47 Å². The van der Waals surface area contributed by atoms with Crippen molar-refractivity contribution in [2.24, 2.45) is 0 Å². The van der Waals surface area contributed by atoms with Gasteiger partial charge in [-0.3, -0.25) is 4.79 Å². The lowest BCUT2D eigenvalue weighted by molar-refractivity contribution is -0.153. The Morgan fingerprint density at radius 3 is 2.89 bits per heavy atom. The third kappa shape index (κ3) is 2.15. The van der Waals surface area contributed by atoms with Crippen molar-refractivity contribution < 1.29 is 14.3 Å². The van der Waals surface area contributed by atoms with Crippen LogP contribution in [-0.2, 0) is 4.74 Å². The molecule has 2 fully saturated rings. The number of para-hydroxylation sites is 1. The fourth-order valence-corrected chi connectivity index (χ4v) is 2.87. The van der Waals surface area contributed by atoms with E-state index in [2.05, 4.69) is 0 Å². The van der Waals surface area contributed by atoms with Gasteiger partial charge in [0, 0.05) is 12.8 Å². The first-order valence-corrected chi connectivity index (χ1v) is 6.66. The van der Waals surface area contributed by atoms with Gasteiger partial charge in [-0.25, -0.2) is 0 Å². The van der Waals surface area contributed by atoms with Gasteiger partial charge in [0.05, 0.1) is 17.8 Å². The number of hydrogen-bond acceptors (Lipinski definition) is 3. The van der Waals surface area contributed by atoms with E-state index in [9.17, 15) is 4.79 Å². The molecule has 3 nitrogen and oxygen atoms in total. The molecule has 0 bridgehead atoms. The Kier molecular flexibility index (Phi) is 3.08. The maximum Gasteiger partial charge on any atom is 0.153 e. The summed E-state index contributed by atoms with van der Waals surface area (Å²) in [4.78, 5) is 11.0. The summed E-state index contributed by atoms with van der Waals surface area (Å²) in [6.45, 7) is 0.772. The summed E-state index contributed by atoms with van der Waals surface area (Å²) in [5, 5.41) is 0. The van der Waals surface area contributed by atoms with Crippen LogP contribution in [0.5, 0.6) is 5.75 Å². The van der Waals surface area contributed by atoms with Gasteiger partial charge in [-0.15, -0.1) is 0 Å². The lowest BCUT2D eigenvalue weighted by atomic mass is 9.74. The molecule has 96 valence electrons. The normalized spacial score (nSPS) is 25.4. The topological polar surface area (TPSA) is 35.5 Å². The molecule has 1 aromatic rings. The summed E-state index contributed by atoms with van der Waals surface area (Å²) in [5.74, 6) is 0.703. The zero-order chi connectivity index (χ0) is 12.4. The molecule has 1 saturated carbocycles. The quantitative estimate of drug-likeness (QED) is 0.769. The van der Waals surface area contributed by atoms with Crippen molar-refractivity contribution in [3.63, 3.8) is 0 Å². The maximum atomic E-state index is 11.0. The predicted octanol–water partition coefficient (Wildman–Crippen LogP) is 2.98. The zero-order valence-corrected chi connectivity index (χ0v) is 10.4. The number of benzene rings is 1. The molecule has 1 unspecified atom stereocenters. The minimum atomic E-state index is 0.0824. The molecule has 3 rings (SSSR count). The van der Waals surface area contributed by atoms with E-state index in [1.807, 2.05) is 18.2 Å². The SMILES string of the molecule is O=Cc1ccccc1OC1CCOC2(CCC2)C1. The summed E-state index contributed by atoms with van der Waals surface area (Å²) < 4.78 is 11.9. The molecule has 2 aliphatic rings. The van der Waals surface area contributed by atoms with Crippen LogP contribution in [-0.4, -0.2) is 24.6 Å². The summed E-state index contributed by atoms with van der Waals surface area (Å²) in [6, 6.07) is 7.42. The third-order valence-electron chi connectivity index (χ3n) is 4.05. The Morgan fingerprint density at radius 2 is 2.17 bits per heavy atom. The Labute approximate surface area is 107 Å². The zero-order valence-electron chi connectivity index (χ0n) is 10.4. The molecule has 1 aromatic carbocycles. The molecule has 0 radical (unpaired) electrons. The van der Waals surface area contributed by atoms with Crippen molar-refractivity contribution in [3.05, 3.63) is 29.8 Å². The number of rotatable bonds is 3. The number of ether oxygens (including phenoxy) is 2. The molecular formula is C15H18O3. The largest absolute Gasteiger partial charge is 0.489 e. The lowest BCUT2D eigenvalue weighted by Gasteiger charge is -2.46. The molecule has 1 aliphatic heterocycles. The second-order valence-corrected chi connectivity index (χ2v) is 5.27. The average Bonchev–Trinajstić information content (AvgIpc) is 2.38. The predicted molar refractivity (Wildman–Crippen MR) is 68.0 cm³/mol. The van der Waals surface area contributed by atoms with Gasteiger partial charge in [0.25, 0.3) is 0 Å². The molecule has 1 aliphatic carbocycles. The monoisotopic (exact) mass is 246 g/mol. The van der Waals surface area contributed by atoms with Gasteiger partial charge in [0.2, 0.25) is 0 Å². The van der Waals surface area contributed by atoms with Gasteiger partial charge in [-0.2, -0.15) is 0 Å². The second kappa shape index (κ2) is 4.73. The number of carbonyl (C=O) groups excluding carboxylic acids is 1. The molecule has 1 heterocycles. The van der Waals surface area contributed by atoms with E-state index in [4.69, 9.17) is 9.47 Å². The molecule has 0 N–H and O–H groups in total. The molecule has 18 heavy (non-hydrogen) atoms. The molecule has 1 saturated heterocycles. The summed E-state index contributed by atoms with van der Waals surface area (Å²) in [6.07, 6.45) is 6.48. The highest BCUT2D eigenvalue weighted by Gasteiger charge is 2.43. The Hall–Kier alpha value is -1.35. The summed E-state index contributed by atoms with van der Waals surface area (Å²) in [5.41, 5.74) is 0.714. The molecule has 1 atom stereocenters. The van der Waals surface area contributed by atoms with Crippen molar-refractivity contribution >= 4 is 6.29 Å². The van der Waals surface area contributed by atoms with Crippen LogP contribution in [0.3, 0.4) is 0 Å². The van der Waals surface area contributed by atoms with E-state index in [-0.39, 0.29) is 11.7 Å². The highest BCUT2D eigenvalue weighted by Crippen LogP contribution is 2.43. The second-order valence-electron chi connectivity index (χ2n) is 5.27. The van der Waals surface area contributed by atoms with Crippen molar-refractivity contribution in [2.45, 2.75) is 43.8 Å². The smallest absolute Gasteiger partial charge is 0.153 e. The standard InChI is InChI=1S/C15H18O3/c16-11-12-4-1-2-5-14(12)18-13-6-9-17-15(10-13)7-3-8-15/h1-2,4-5,11,13H,3,6-10H2. The highest BCUT2D eigenvalue weighted by atomic mass is 16.5. The molecule has 0 amide bonds. The van der Waals surface area contributed by atoms with Crippen molar-refractivity contribution in [1.82, 2.24) is 0 Å². The van der Waals surface area contributed by atoms with Crippen LogP contribution in [0.4, 0.5) is 0 Å². The van der Waals surface area contributed by atoms with E-state index < -0.39 is 0 Å². The number of carbonyl (C=O) groups is 1. The van der Waals surface area contributed by atoms with Gasteiger partial charge in [-0.05, 0) is 31.4 Å². The molecule has 1 spiro atoms. The summed E-state index contributed by atoms with van der Waals surface area (Å²) in [7, 11) is 0. The first-order chi connectivity index (χ1) is 8.81. The Bertz CT molecular complexity index is 437. The summed E-state index contributed by atoms with van der Waals surface area (Å²) >= 11 is 0. The third-order valence-corrected chi connectivity index (χ3v) is 4.05. The van der Waals surface area contributed by atoms with Crippen LogP contribution in [0.15, 0.2) is 24.3 Å². The van der Waals surface area contributed by atoms with Crippen molar-refractivity contribution in [2.75, 3.05) is 6.61 Å². The van der Waals surface area contributed by atoms with E-state index in [1.54, 1.807) is 6.07 Å². The van der Waals surface area contributed by atoms with Crippen LogP contribution in [0, 0.1) is 0 Å². The fourth-order valence-electron chi connectivity index (χ4n) is 2.87. The van der Waals surface area contributed by atoms with Crippen LogP contribution < -0.4 is 4.74 Å². The van der Waals surface area contributed by atoms with E-state index in [0.717, 1.165) is 38.6 Å². The van der Waals surface area contributed by atoms with Crippen molar-refractivity contribution in [3.8, 4) is 5.75 Å². The van der Waals surface area contributed by atoms with Crippen LogP contribution >= 0.6 is 0 Å². The minimum Gasteiger partial charge on any atom is -0.489 e. The Morgan fingerprint density at radius 1 is 1.33 bits per heavy atom. The number of hydrogen-bond donors (Lipinski definition) is 0. The van der Waals surface area contributed by atoms with Gasteiger partial charge in [0.15, 0.2) is 6.29 Å². The van der Waals surface area contributed by atoms with Gasteiger partial charge in [0.1, 0.15) is 11.9 Å². The van der Waals surface area contributed by atoms with Gasteiger partial charge >= 0.3 is 0 Å². The van der Waals surface area contributed by atoms with E-state index in [1.165, 1.54) is 6.42 Å². The maximum absolute atomic E-state index is 11.0. The Balaban J connectivity index is 1.70. The lowest BCUT2D eigenvalue weighted by Crippen LogP contribution is -2.48. The first kappa shape index (κ1) is 11.7. The highest BCUT2D eigenvalue weighted by molar-refractivity contribution is 5.79. The van der Waals surface area contributed by atoms with Crippen molar-refractivity contribution in [1.29, 1.82) is 0 Å². The van der Waals surface area contributed by atoms with Gasteiger partial charge in [-0.1, -0.05) is 12.1 Å². The van der Waals surface area contributed by atoms with Crippen LogP contribution in [0.2, 0.25) is 0 Å². The van der Waals surface area contributed by atoms with E-state index >= 15 is 0 Å². The first-order valence-electron chi connectivity index (χ1n) is 6.66. The average molecular weight is 246 g/mol. The fraction of sp³-hybridized carbons (Fsp3) is 0.533. The molecular weight excluding hydrogens is 228 g/mol. The minimum absolute atomic E-state index is 0.0824. The molecule has 0 aromatic heterocycles. The number of aldehydes is 1. The molecule has 3 heteroatoms. The van der Waals surface area contributed by atoms with Crippen LogP contribution in [0.25, 0.3) is 0 Å². The van der Waals surface area contributed by atoms with E-state index in [0.29, 0.717) is 11.3 Å². The van der Waals surface area contributed by atoms with Crippen LogP contribution in [0.1, 0.15) is 42.5 Å².